The van der Waals surface area contributed by atoms with E-state index in [2.05, 4.69) is 34.0 Å². The van der Waals surface area contributed by atoms with Crippen LogP contribution in [0.25, 0.3) is 22.2 Å². The summed E-state index contributed by atoms with van der Waals surface area (Å²) in [4.78, 5) is 11.9. The fourth-order valence-electron chi connectivity index (χ4n) is 2.37. The summed E-state index contributed by atoms with van der Waals surface area (Å²) in [6, 6.07) is 10.2. The van der Waals surface area contributed by atoms with E-state index in [1.165, 1.54) is 0 Å². The van der Waals surface area contributed by atoms with E-state index in [1.54, 1.807) is 6.33 Å². The minimum absolute atomic E-state index is 0.675. The van der Waals surface area contributed by atoms with Crippen molar-refractivity contribution >= 4 is 23.1 Å². The number of fused-ring (bicyclic) bond motifs is 1. The molecule has 0 bridgehead atoms. The van der Waals surface area contributed by atoms with Gasteiger partial charge in [0.2, 0.25) is 0 Å². The van der Waals surface area contributed by atoms with Gasteiger partial charge >= 0.3 is 0 Å². The number of nitrogens with one attached hydrogen (secondary N) is 1. The minimum Gasteiger partial charge on any atom is -0.345 e. The average Bonchev–Trinajstić information content (AvgIpc) is 2.49. The number of para-hydroxylation sites is 1. The average molecular weight is 281 g/mol. The van der Waals surface area contributed by atoms with Gasteiger partial charge in [-0.15, -0.1) is 0 Å². The Labute approximate surface area is 122 Å². The van der Waals surface area contributed by atoms with Crippen LogP contribution in [0, 0.1) is 4.64 Å². The van der Waals surface area contributed by atoms with Crippen LogP contribution in [0.4, 0.5) is 0 Å². The van der Waals surface area contributed by atoms with Crippen LogP contribution in [0.2, 0.25) is 0 Å². The van der Waals surface area contributed by atoms with E-state index in [0.717, 1.165) is 40.6 Å². The first-order valence-corrected chi connectivity index (χ1v) is 7.12. The number of pyridine rings is 1. The Bertz CT molecular complexity index is 808. The van der Waals surface area contributed by atoms with E-state index in [9.17, 15) is 0 Å². The Morgan fingerprint density at radius 2 is 2.05 bits per heavy atom. The molecule has 0 saturated carbocycles. The Morgan fingerprint density at radius 3 is 2.90 bits per heavy atom. The van der Waals surface area contributed by atoms with Gasteiger partial charge in [0.05, 0.1) is 17.5 Å². The van der Waals surface area contributed by atoms with Crippen molar-refractivity contribution in [1.29, 1.82) is 0 Å². The van der Waals surface area contributed by atoms with Crippen molar-refractivity contribution < 1.29 is 0 Å². The molecule has 20 heavy (non-hydrogen) atoms. The maximum atomic E-state index is 5.35. The number of aromatic amines is 1. The van der Waals surface area contributed by atoms with Gasteiger partial charge < -0.3 is 4.98 Å². The first kappa shape index (κ1) is 12.9. The molecule has 1 aromatic carbocycles. The minimum atomic E-state index is 0.675. The third kappa shape index (κ3) is 2.34. The van der Waals surface area contributed by atoms with Gasteiger partial charge in [0.25, 0.3) is 0 Å². The smallest absolute Gasteiger partial charge is 0.133 e. The van der Waals surface area contributed by atoms with Crippen LogP contribution in [-0.4, -0.2) is 15.0 Å². The fraction of sp³-hybridized carbons (Fsp3) is 0.188. The number of hydrogen-bond acceptors (Lipinski definition) is 3. The quantitative estimate of drug-likeness (QED) is 0.727. The number of hydrogen-bond donors (Lipinski definition) is 1. The Balaban J connectivity index is 2.20. The van der Waals surface area contributed by atoms with Crippen LogP contribution < -0.4 is 0 Å². The van der Waals surface area contributed by atoms with Gasteiger partial charge in [0, 0.05) is 22.7 Å². The van der Waals surface area contributed by atoms with Crippen molar-refractivity contribution in [3.8, 4) is 11.3 Å². The van der Waals surface area contributed by atoms with Crippen LogP contribution >= 0.6 is 12.2 Å². The van der Waals surface area contributed by atoms with Crippen molar-refractivity contribution in [1.82, 2.24) is 15.0 Å². The molecule has 2 aromatic heterocycles. The summed E-state index contributed by atoms with van der Waals surface area (Å²) < 4.78 is 0.675. The van der Waals surface area contributed by atoms with E-state index in [1.807, 2.05) is 24.4 Å². The second-order valence-corrected chi connectivity index (χ2v) is 5.11. The van der Waals surface area contributed by atoms with Gasteiger partial charge in [-0.05, 0) is 18.6 Å². The fourth-order valence-corrected chi connectivity index (χ4v) is 2.63. The van der Waals surface area contributed by atoms with E-state index in [0.29, 0.717) is 4.64 Å². The molecule has 0 spiro atoms. The lowest BCUT2D eigenvalue weighted by Gasteiger charge is -2.09. The Kier molecular flexibility index (Phi) is 3.56. The highest BCUT2D eigenvalue weighted by Gasteiger charge is 2.08. The van der Waals surface area contributed by atoms with Crippen LogP contribution in [0.5, 0.6) is 0 Å². The van der Waals surface area contributed by atoms with Gasteiger partial charge in [0.1, 0.15) is 4.64 Å². The van der Waals surface area contributed by atoms with Crippen molar-refractivity contribution in [2.24, 2.45) is 0 Å². The highest BCUT2D eigenvalue weighted by atomic mass is 32.1. The first-order chi connectivity index (χ1) is 9.79. The summed E-state index contributed by atoms with van der Waals surface area (Å²) >= 11 is 5.35. The van der Waals surface area contributed by atoms with Crippen LogP contribution in [0.15, 0.2) is 42.9 Å². The SMILES string of the molecule is CCCc1c(-c2cnc3ccccc3c2)[nH]cnc1=S. The lowest BCUT2D eigenvalue weighted by molar-refractivity contribution is 0.898. The highest BCUT2D eigenvalue weighted by molar-refractivity contribution is 7.71. The van der Waals surface area contributed by atoms with Crippen molar-refractivity contribution in [2.75, 3.05) is 0 Å². The predicted octanol–water partition coefficient (Wildman–Crippen LogP) is 4.31. The molecule has 0 saturated heterocycles. The van der Waals surface area contributed by atoms with Crippen LogP contribution in [-0.2, 0) is 6.42 Å². The maximum absolute atomic E-state index is 5.35. The molecule has 0 radical (unpaired) electrons. The molecule has 0 atom stereocenters. The molecule has 3 rings (SSSR count). The van der Waals surface area contributed by atoms with Crippen molar-refractivity contribution in [3.05, 3.63) is 53.1 Å². The molecule has 0 fully saturated rings. The normalized spacial score (nSPS) is 10.8. The van der Waals surface area contributed by atoms with Gasteiger partial charge in [-0.25, -0.2) is 4.98 Å². The zero-order valence-electron chi connectivity index (χ0n) is 11.3. The molecular formula is C16H15N3S. The van der Waals surface area contributed by atoms with E-state index >= 15 is 0 Å². The molecular weight excluding hydrogens is 266 g/mol. The standard InChI is InChI=1S/C16H15N3S/c1-2-5-13-15(18-10-19-16(13)20)12-8-11-6-3-4-7-14(11)17-9-12/h3-4,6-10H,2,5H2,1H3,(H,18,19,20). The Morgan fingerprint density at radius 1 is 1.20 bits per heavy atom. The predicted molar refractivity (Wildman–Crippen MR) is 84.2 cm³/mol. The number of benzene rings is 1. The number of aromatic nitrogens is 3. The molecule has 0 aliphatic rings. The summed E-state index contributed by atoms with van der Waals surface area (Å²) in [5.41, 5.74) is 4.19. The summed E-state index contributed by atoms with van der Waals surface area (Å²) in [6.45, 7) is 2.14. The Hall–Kier alpha value is -2.07. The van der Waals surface area contributed by atoms with Crippen molar-refractivity contribution in [3.63, 3.8) is 0 Å². The van der Waals surface area contributed by atoms with Gasteiger partial charge in [-0.2, -0.15) is 0 Å². The van der Waals surface area contributed by atoms with Crippen molar-refractivity contribution in [2.45, 2.75) is 19.8 Å². The van der Waals surface area contributed by atoms with Gasteiger partial charge in [0.15, 0.2) is 0 Å². The summed E-state index contributed by atoms with van der Waals surface area (Å²) in [5, 5.41) is 1.13. The van der Waals surface area contributed by atoms with E-state index in [4.69, 9.17) is 12.2 Å². The van der Waals surface area contributed by atoms with E-state index < -0.39 is 0 Å². The summed E-state index contributed by atoms with van der Waals surface area (Å²) in [5.74, 6) is 0. The molecule has 3 aromatic rings. The molecule has 4 heteroatoms. The van der Waals surface area contributed by atoms with Crippen LogP contribution in [0.3, 0.4) is 0 Å². The largest absolute Gasteiger partial charge is 0.345 e. The topological polar surface area (TPSA) is 41.6 Å². The third-order valence-electron chi connectivity index (χ3n) is 3.33. The van der Waals surface area contributed by atoms with Gasteiger partial charge in [-0.1, -0.05) is 43.8 Å². The molecule has 2 heterocycles. The third-order valence-corrected chi connectivity index (χ3v) is 3.68. The highest BCUT2D eigenvalue weighted by Crippen LogP contribution is 2.25. The molecule has 1 N–H and O–H groups in total. The number of rotatable bonds is 3. The zero-order chi connectivity index (χ0) is 13.9. The molecule has 3 nitrogen and oxygen atoms in total. The molecule has 0 amide bonds. The summed E-state index contributed by atoms with van der Waals surface area (Å²) in [7, 11) is 0. The van der Waals surface area contributed by atoms with E-state index in [-0.39, 0.29) is 0 Å². The zero-order valence-corrected chi connectivity index (χ0v) is 12.1. The molecule has 0 unspecified atom stereocenters. The molecule has 0 aliphatic carbocycles. The first-order valence-electron chi connectivity index (χ1n) is 6.71. The van der Waals surface area contributed by atoms with Crippen LogP contribution in [0.1, 0.15) is 18.9 Å². The number of H-pyrrole nitrogens is 1. The second-order valence-electron chi connectivity index (χ2n) is 4.73. The second kappa shape index (κ2) is 5.51. The van der Waals surface area contributed by atoms with Gasteiger partial charge in [-0.3, -0.25) is 4.98 Å². The lowest BCUT2D eigenvalue weighted by atomic mass is 10.0. The molecule has 0 aliphatic heterocycles. The molecule has 100 valence electrons. The lowest BCUT2D eigenvalue weighted by Crippen LogP contribution is -1.97. The maximum Gasteiger partial charge on any atom is 0.133 e. The monoisotopic (exact) mass is 281 g/mol. The summed E-state index contributed by atoms with van der Waals surface area (Å²) in [6.07, 6.45) is 5.51. The number of nitrogens with zero attached hydrogens (tertiary/aromatic N) is 2.